The Hall–Kier alpha value is -1.55. The number of hydrogen-bond acceptors (Lipinski definition) is 3. The van der Waals surface area contributed by atoms with Crippen molar-refractivity contribution in [3.63, 3.8) is 0 Å². The molecule has 0 aromatic heterocycles. The van der Waals surface area contributed by atoms with Gasteiger partial charge in [0.25, 0.3) is 0 Å². The van der Waals surface area contributed by atoms with E-state index < -0.39 is 6.04 Å². The zero-order valence-corrected chi connectivity index (χ0v) is 10.6. The Bertz CT molecular complexity index is 362. The summed E-state index contributed by atoms with van der Waals surface area (Å²) in [6.07, 6.45) is 0.640. The first-order valence-corrected chi connectivity index (χ1v) is 5.78. The lowest BCUT2D eigenvalue weighted by molar-refractivity contribution is -0.123. The molecule has 0 saturated carbocycles. The van der Waals surface area contributed by atoms with Gasteiger partial charge >= 0.3 is 0 Å². The van der Waals surface area contributed by atoms with Crippen molar-refractivity contribution < 1.29 is 9.53 Å². The number of nitrogens with one attached hydrogen (secondary N) is 1. The quantitative estimate of drug-likeness (QED) is 0.816. The van der Waals surface area contributed by atoms with Crippen molar-refractivity contribution in [3.05, 3.63) is 29.8 Å². The number of carbonyl (C=O) groups excluding carboxylic acids is 1. The van der Waals surface area contributed by atoms with Gasteiger partial charge in [0.15, 0.2) is 0 Å². The van der Waals surface area contributed by atoms with E-state index >= 15 is 0 Å². The third-order valence-electron chi connectivity index (χ3n) is 2.75. The number of carbonyl (C=O) groups is 1. The second kappa shape index (κ2) is 6.25. The molecule has 3 N–H and O–H groups in total. The normalized spacial score (nSPS) is 13.9. The van der Waals surface area contributed by atoms with Gasteiger partial charge in [0.05, 0.1) is 19.2 Å². The molecule has 0 heterocycles. The summed E-state index contributed by atoms with van der Waals surface area (Å²) in [5.74, 6) is 0.688. The molecule has 1 unspecified atom stereocenters. The molecular weight excluding hydrogens is 216 g/mol. The average molecular weight is 236 g/mol. The van der Waals surface area contributed by atoms with E-state index in [0.717, 1.165) is 11.3 Å². The molecule has 0 aliphatic heterocycles. The fourth-order valence-corrected chi connectivity index (χ4v) is 1.48. The van der Waals surface area contributed by atoms with Crippen LogP contribution < -0.4 is 15.8 Å². The molecule has 4 nitrogen and oxygen atoms in total. The van der Waals surface area contributed by atoms with E-state index in [1.165, 1.54) is 0 Å². The van der Waals surface area contributed by atoms with Crippen molar-refractivity contribution >= 4 is 5.91 Å². The topological polar surface area (TPSA) is 64.4 Å². The van der Waals surface area contributed by atoms with Crippen molar-refractivity contribution in [1.29, 1.82) is 0 Å². The molecule has 1 aromatic carbocycles. The largest absolute Gasteiger partial charge is 0.497 e. The number of amides is 1. The summed E-state index contributed by atoms with van der Waals surface area (Å²) in [5, 5.41) is 2.88. The Morgan fingerprint density at radius 3 is 2.47 bits per heavy atom. The number of rotatable bonds is 5. The monoisotopic (exact) mass is 236 g/mol. The van der Waals surface area contributed by atoms with Crippen LogP contribution in [0.2, 0.25) is 0 Å². The first-order chi connectivity index (χ1) is 8.08. The predicted molar refractivity (Wildman–Crippen MR) is 67.8 cm³/mol. The van der Waals surface area contributed by atoms with E-state index in [4.69, 9.17) is 10.5 Å². The Kier molecular flexibility index (Phi) is 4.97. The molecule has 0 saturated heterocycles. The molecule has 1 aromatic rings. The molecule has 0 aliphatic rings. The van der Waals surface area contributed by atoms with E-state index in [1.54, 1.807) is 7.11 Å². The predicted octanol–water partition coefficient (Wildman–Crippen LogP) is 1.61. The van der Waals surface area contributed by atoms with Crippen LogP contribution in [-0.2, 0) is 4.79 Å². The molecule has 1 rings (SSSR count). The van der Waals surface area contributed by atoms with Crippen molar-refractivity contribution in [1.82, 2.24) is 5.32 Å². The first-order valence-electron chi connectivity index (χ1n) is 5.78. The smallest absolute Gasteiger partial charge is 0.237 e. The number of hydrogen-bond donors (Lipinski definition) is 2. The molecule has 1 amide bonds. The van der Waals surface area contributed by atoms with Gasteiger partial charge in [0.1, 0.15) is 5.75 Å². The van der Waals surface area contributed by atoms with Gasteiger partial charge in [-0.25, -0.2) is 0 Å². The highest BCUT2D eigenvalue weighted by Crippen LogP contribution is 2.17. The standard InChI is InChI=1S/C13H20N2O2/c1-4-12(14)13(16)15-9(2)10-5-7-11(17-3)8-6-10/h5-9,12H,4,14H2,1-3H3,(H,15,16)/t9-,12?/m0/s1. The Labute approximate surface area is 102 Å². The summed E-state index contributed by atoms with van der Waals surface area (Å²) >= 11 is 0. The summed E-state index contributed by atoms with van der Waals surface area (Å²) in [4.78, 5) is 11.6. The molecule has 0 fully saturated rings. The Balaban J connectivity index is 2.63. The van der Waals surface area contributed by atoms with Crippen molar-refractivity contribution in [2.24, 2.45) is 5.73 Å². The third-order valence-corrected chi connectivity index (χ3v) is 2.75. The molecule has 17 heavy (non-hydrogen) atoms. The maximum atomic E-state index is 11.6. The van der Waals surface area contributed by atoms with Crippen molar-refractivity contribution in [2.75, 3.05) is 7.11 Å². The average Bonchev–Trinajstić information content (AvgIpc) is 2.37. The Morgan fingerprint density at radius 1 is 1.41 bits per heavy atom. The van der Waals surface area contributed by atoms with Crippen LogP contribution in [0.25, 0.3) is 0 Å². The first kappa shape index (κ1) is 13.5. The van der Waals surface area contributed by atoms with Crippen LogP contribution in [0.1, 0.15) is 31.9 Å². The van der Waals surface area contributed by atoms with E-state index in [-0.39, 0.29) is 11.9 Å². The highest BCUT2D eigenvalue weighted by atomic mass is 16.5. The number of ether oxygens (including phenoxy) is 1. The minimum absolute atomic E-state index is 0.0500. The molecule has 0 spiro atoms. The third kappa shape index (κ3) is 3.75. The SMILES string of the molecule is CCC(N)C(=O)N[C@@H](C)c1ccc(OC)cc1. The van der Waals surface area contributed by atoms with Gasteiger partial charge in [-0.2, -0.15) is 0 Å². The van der Waals surface area contributed by atoms with Crippen molar-refractivity contribution in [2.45, 2.75) is 32.4 Å². The molecule has 4 heteroatoms. The summed E-state index contributed by atoms with van der Waals surface area (Å²) in [6.45, 7) is 3.82. The van der Waals surface area contributed by atoms with E-state index in [0.29, 0.717) is 6.42 Å². The van der Waals surface area contributed by atoms with E-state index in [2.05, 4.69) is 5.32 Å². The van der Waals surface area contributed by atoms with E-state index in [9.17, 15) is 4.79 Å². The Morgan fingerprint density at radius 2 is 2.00 bits per heavy atom. The number of nitrogens with two attached hydrogens (primary N) is 1. The number of methoxy groups -OCH3 is 1. The molecule has 2 atom stereocenters. The van der Waals surface area contributed by atoms with Crippen LogP contribution in [-0.4, -0.2) is 19.1 Å². The minimum Gasteiger partial charge on any atom is -0.497 e. The maximum absolute atomic E-state index is 11.6. The van der Waals surface area contributed by atoms with E-state index in [1.807, 2.05) is 38.1 Å². The summed E-state index contributed by atoms with van der Waals surface area (Å²) < 4.78 is 5.08. The molecular formula is C13H20N2O2. The highest BCUT2D eigenvalue weighted by Gasteiger charge is 2.14. The zero-order valence-electron chi connectivity index (χ0n) is 10.6. The second-order valence-corrected chi connectivity index (χ2v) is 4.02. The summed E-state index contributed by atoms with van der Waals surface area (Å²) in [5.41, 5.74) is 6.69. The molecule has 0 bridgehead atoms. The lowest BCUT2D eigenvalue weighted by atomic mass is 10.1. The fraction of sp³-hybridized carbons (Fsp3) is 0.462. The van der Waals surface area contributed by atoms with Crippen LogP contribution in [0.3, 0.4) is 0 Å². The molecule has 94 valence electrons. The van der Waals surface area contributed by atoms with Gasteiger partial charge in [-0.15, -0.1) is 0 Å². The van der Waals surface area contributed by atoms with Crippen molar-refractivity contribution in [3.8, 4) is 5.75 Å². The van der Waals surface area contributed by atoms with Crippen LogP contribution in [0.4, 0.5) is 0 Å². The molecule has 0 aliphatic carbocycles. The van der Waals surface area contributed by atoms with Crippen LogP contribution >= 0.6 is 0 Å². The summed E-state index contributed by atoms with van der Waals surface area (Å²) in [7, 11) is 1.63. The van der Waals surface area contributed by atoms with Gasteiger partial charge in [-0.1, -0.05) is 19.1 Å². The van der Waals surface area contributed by atoms with Gasteiger partial charge in [0, 0.05) is 0 Å². The lowest BCUT2D eigenvalue weighted by Gasteiger charge is -2.17. The van der Waals surface area contributed by atoms with Crippen LogP contribution in [0.5, 0.6) is 5.75 Å². The van der Waals surface area contributed by atoms with Gasteiger partial charge in [-0.05, 0) is 31.0 Å². The summed E-state index contributed by atoms with van der Waals surface area (Å²) in [6, 6.07) is 7.12. The second-order valence-electron chi connectivity index (χ2n) is 4.02. The maximum Gasteiger partial charge on any atom is 0.237 e. The van der Waals surface area contributed by atoms with Crippen LogP contribution in [0, 0.1) is 0 Å². The zero-order chi connectivity index (χ0) is 12.8. The number of benzene rings is 1. The minimum atomic E-state index is -0.435. The van der Waals surface area contributed by atoms with Crippen LogP contribution in [0.15, 0.2) is 24.3 Å². The van der Waals surface area contributed by atoms with Gasteiger partial charge < -0.3 is 15.8 Å². The molecule has 0 radical (unpaired) electrons. The fourth-order valence-electron chi connectivity index (χ4n) is 1.48. The lowest BCUT2D eigenvalue weighted by Crippen LogP contribution is -2.41. The highest BCUT2D eigenvalue weighted by molar-refractivity contribution is 5.81. The van der Waals surface area contributed by atoms with Gasteiger partial charge in [0.2, 0.25) is 5.91 Å². The van der Waals surface area contributed by atoms with Gasteiger partial charge in [-0.3, -0.25) is 4.79 Å².